The molecule has 0 fully saturated rings. The Kier molecular flexibility index (Phi) is 6.58. The molecule has 1 aromatic carbocycles. The summed E-state index contributed by atoms with van der Waals surface area (Å²) in [6.07, 6.45) is 0.0145. The van der Waals surface area contributed by atoms with Gasteiger partial charge in [-0.2, -0.15) is 0 Å². The minimum atomic E-state index is -0.943. The zero-order valence-electron chi connectivity index (χ0n) is 12.0. The fourth-order valence-corrected chi connectivity index (χ4v) is 1.90. The van der Waals surface area contributed by atoms with Crippen LogP contribution in [0.5, 0.6) is 0 Å². The zero-order chi connectivity index (χ0) is 16.7. The Hall–Kier alpha value is -2.35. The van der Waals surface area contributed by atoms with E-state index < -0.39 is 22.9 Å². The van der Waals surface area contributed by atoms with Gasteiger partial charge in [-0.1, -0.05) is 11.6 Å². The van der Waals surface area contributed by atoms with Crippen LogP contribution in [0.3, 0.4) is 0 Å². The molecule has 0 aliphatic rings. The maximum atomic E-state index is 11.7. The van der Waals surface area contributed by atoms with E-state index in [2.05, 4.69) is 14.8 Å². The summed E-state index contributed by atoms with van der Waals surface area (Å²) in [4.78, 5) is 33.3. The van der Waals surface area contributed by atoms with Gasteiger partial charge in [0.25, 0.3) is 5.69 Å². The van der Waals surface area contributed by atoms with Crippen LogP contribution in [0.4, 0.5) is 11.4 Å². The number of hydrogen-bond donors (Lipinski definition) is 1. The minimum Gasteiger partial charge on any atom is -0.469 e. The molecule has 0 aliphatic heterocycles. The summed E-state index contributed by atoms with van der Waals surface area (Å²) in [6.45, 7) is 0. The summed E-state index contributed by atoms with van der Waals surface area (Å²) in [6, 6.07) is 2.97. The van der Waals surface area contributed by atoms with Gasteiger partial charge >= 0.3 is 11.9 Å². The number of ether oxygens (including phenoxy) is 2. The number of benzene rings is 1. The van der Waals surface area contributed by atoms with Gasteiger partial charge in [0, 0.05) is 17.5 Å². The van der Waals surface area contributed by atoms with E-state index in [9.17, 15) is 19.7 Å². The largest absolute Gasteiger partial charge is 0.469 e. The second-order valence-electron chi connectivity index (χ2n) is 4.25. The molecule has 0 aliphatic carbocycles. The van der Waals surface area contributed by atoms with Crippen LogP contribution in [-0.2, 0) is 19.1 Å². The maximum absolute atomic E-state index is 11.7. The molecule has 0 saturated heterocycles. The first-order valence-corrected chi connectivity index (χ1v) is 6.62. The summed E-state index contributed by atoms with van der Waals surface area (Å²) >= 11 is 5.82. The SMILES string of the molecule is COC(=O)CC[C@H](Nc1cc(Cl)ccc1[N+](=O)[O-])C(=O)OC. The Morgan fingerprint density at radius 2 is 2.05 bits per heavy atom. The van der Waals surface area contributed by atoms with Crippen LogP contribution >= 0.6 is 11.6 Å². The van der Waals surface area contributed by atoms with E-state index in [0.717, 1.165) is 0 Å². The average molecular weight is 331 g/mol. The Morgan fingerprint density at radius 1 is 1.36 bits per heavy atom. The number of nitrogens with zero attached hydrogens (tertiary/aromatic N) is 1. The number of carbonyl (C=O) groups is 2. The number of rotatable bonds is 7. The van der Waals surface area contributed by atoms with Crippen LogP contribution in [0.15, 0.2) is 18.2 Å². The number of nitro benzene ring substituents is 1. The van der Waals surface area contributed by atoms with Gasteiger partial charge in [0.2, 0.25) is 0 Å². The maximum Gasteiger partial charge on any atom is 0.328 e. The predicted octanol–water partition coefficient (Wildman–Crippen LogP) is 2.15. The average Bonchev–Trinajstić information content (AvgIpc) is 2.49. The van der Waals surface area contributed by atoms with Crippen LogP contribution in [0.1, 0.15) is 12.8 Å². The lowest BCUT2D eigenvalue weighted by atomic mass is 10.1. The molecule has 0 aromatic heterocycles. The van der Waals surface area contributed by atoms with Gasteiger partial charge in [0.15, 0.2) is 0 Å². The van der Waals surface area contributed by atoms with Gasteiger partial charge in [0.1, 0.15) is 11.7 Å². The molecular weight excluding hydrogens is 316 g/mol. The molecule has 0 bridgehead atoms. The van der Waals surface area contributed by atoms with Gasteiger partial charge in [0.05, 0.1) is 19.1 Å². The third kappa shape index (κ3) is 4.88. The molecule has 0 saturated carbocycles. The van der Waals surface area contributed by atoms with Crippen molar-refractivity contribution >= 4 is 34.9 Å². The molecule has 1 atom stereocenters. The monoisotopic (exact) mass is 330 g/mol. The highest BCUT2D eigenvalue weighted by molar-refractivity contribution is 6.31. The van der Waals surface area contributed by atoms with Crippen LogP contribution in [-0.4, -0.2) is 37.1 Å². The fraction of sp³-hybridized carbons (Fsp3) is 0.385. The Balaban J connectivity index is 2.98. The number of esters is 2. The number of nitro groups is 1. The van der Waals surface area contributed by atoms with E-state index >= 15 is 0 Å². The van der Waals surface area contributed by atoms with Crippen molar-refractivity contribution in [3.63, 3.8) is 0 Å². The van der Waals surface area contributed by atoms with Crippen LogP contribution < -0.4 is 5.32 Å². The second kappa shape index (κ2) is 8.18. The zero-order valence-corrected chi connectivity index (χ0v) is 12.8. The van der Waals surface area contributed by atoms with Crippen molar-refractivity contribution in [3.05, 3.63) is 33.3 Å². The molecule has 0 heterocycles. The van der Waals surface area contributed by atoms with Crippen molar-refractivity contribution in [3.8, 4) is 0 Å². The van der Waals surface area contributed by atoms with Crippen molar-refractivity contribution in [2.45, 2.75) is 18.9 Å². The van der Waals surface area contributed by atoms with Crippen molar-refractivity contribution in [1.29, 1.82) is 0 Å². The van der Waals surface area contributed by atoms with E-state index in [1.807, 2.05) is 0 Å². The lowest BCUT2D eigenvalue weighted by molar-refractivity contribution is -0.384. The summed E-state index contributed by atoms with van der Waals surface area (Å²) < 4.78 is 9.12. The molecule has 0 radical (unpaired) electrons. The Labute approximate surface area is 131 Å². The van der Waals surface area contributed by atoms with Gasteiger partial charge < -0.3 is 14.8 Å². The van der Waals surface area contributed by atoms with Crippen LogP contribution in [0.25, 0.3) is 0 Å². The van der Waals surface area contributed by atoms with Crippen LogP contribution in [0, 0.1) is 10.1 Å². The van der Waals surface area contributed by atoms with E-state index in [1.54, 1.807) is 0 Å². The van der Waals surface area contributed by atoms with E-state index in [0.29, 0.717) is 0 Å². The molecule has 0 unspecified atom stereocenters. The minimum absolute atomic E-state index is 0.0440. The predicted molar refractivity (Wildman–Crippen MR) is 78.8 cm³/mol. The molecule has 120 valence electrons. The lowest BCUT2D eigenvalue weighted by Gasteiger charge is -2.17. The number of hydrogen-bond acceptors (Lipinski definition) is 7. The summed E-state index contributed by atoms with van der Waals surface area (Å²) in [7, 11) is 2.41. The smallest absolute Gasteiger partial charge is 0.328 e. The molecule has 9 heteroatoms. The first-order chi connectivity index (χ1) is 10.4. The van der Waals surface area contributed by atoms with E-state index in [1.165, 1.54) is 32.4 Å². The van der Waals surface area contributed by atoms with E-state index in [4.69, 9.17) is 11.6 Å². The molecule has 0 amide bonds. The second-order valence-corrected chi connectivity index (χ2v) is 4.69. The van der Waals surface area contributed by atoms with Crippen molar-refractivity contribution < 1.29 is 24.0 Å². The highest BCUT2D eigenvalue weighted by Gasteiger charge is 2.24. The van der Waals surface area contributed by atoms with Crippen LogP contribution in [0.2, 0.25) is 5.02 Å². The summed E-state index contributed by atoms with van der Waals surface area (Å²) in [5.74, 6) is -1.16. The first-order valence-electron chi connectivity index (χ1n) is 6.24. The number of carbonyl (C=O) groups excluding carboxylic acids is 2. The molecule has 22 heavy (non-hydrogen) atoms. The highest BCUT2D eigenvalue weighted by Crippen LogP contribution is 2.28. The molecule has 1 rings (SSSR count). The Bertz CT molecular complexity index is 578. The summed E-state index contributed by atoms with van der Waals surface area (Å²) in [5, 5.41) is 14.0. The van der Waals surface area contributed by atoms with Crippen molar-refractivity contribution in [1.82, 2.24) is 0 Å². The number of anilines is 1. The Morgan fingerprint density at radius 3 is 2.59 bits per heavy atom. The fourth-order valence-electron chi connectivity index (χ4n) is 1.73. The third-order valence-corrected chi connectivity index (χ3v) is 3.07. The van der Waals surface area contributed by atoms with Crippen molar-refractivity contribution in [2.24, 2.45) is 0 Å². The summed E-state index contributed by atoms with van der Waals surface area (Å²) in [5.41, 5.74) is -0.172. The number of methoxy groups -OCH3 is 2. The standard InChI is InChI=1S/C13H15ClN2O6/c1-21-12(17)6-4-9(13(18)22-2)15-10-7-8(14)3-5-11(10)16(19)20/h3,5,7,9,15H,4,6H2,1-2H3/t9-/m0/s1. The van der Waals surface area contributed by atoms with Gasteiger partial charge in [-0.05, 0) is 18.6 Å². The molecule has 0 spiro atoms. The molecular formula is C13H15ClN2O6. The molecule has 1 N–H and O–H groups in total. The van der Waals surface area contributed by atoms with Gasteiger partial charge in [-0.25, -0.2) is 4.79 Å². The number of halogens is 1. The van der Waals surface area contributed by atoms with Gasteiger partial charge in [-0.3, -0.25) is 14.9 Å². The van der Waals surface area contributed by atoms with Crippen molar-refractivity contribution in [2.75, 3.05) is 19.5 Å². The highest BCUT2D eigenvalue weighted by atomic mass is 35.5. The van der Waals surface area contributed by atoms with E-state index in [-0.39, 0.29) is 29.2 Å². The van der Waals surface area contributed by atoms with Gasteiger partial charge in [-0.15, -0.1) is 0 Å². The normalized spacial score (nSPS) is 11.4. The lowest BCUT2D eigenvalue weighted by Crippen LogP contribution is -2.31. The quantitative estimate of drug-likeness (QED) is 0.463. The third-order valence-electron chi connectivity index (χ3n) is 2.84. The molecule has 8 nitrogen and oxygen atoms in total. The molecule has 1 aromatic rings. The topological polar surface area (TPSA) is 108 Å². The first kappa shape index (κ1) is 17.7. The number of nitrogens with one attached hydrogen (secondary N) is 1.